The summed E-state index contributed by atoms with van der Waals surface area (Å²) >= 11 is 0. The lowest BCUT2D eigenvalue weighted by Crippen LogP contribution is -2.41. The lowest BCUT2D eigenvalue weighted by Gasteiger charge is -2.21. The summed E-state index contributed by atoms with van der Waals surface area (Å²) in [5.41, 5.74) is 5.74. The highest BCUT2D eigenvalue weighted by Gasteiger charge is 2.23. The molecular weight excluding hydrogens is 486 g/mol. The molecule has 0 atom stereocenters. The highest BCUT2D eigenvalue weighted by molar-refractivity contribution is 7.89. The van der Waals surface area contributed by atoms with Crippen molar-refractivity contribution in [3.05, 3.63) is 47.5 Å². The van der Waals surface area contributed by atoms with Crippen molar-refractivity contribution in [2.45, 2.75) is 44.4 Å². The zero-order valence-electron chi connectivity index (χ0n) is 21.4. The van der Waals surface area contributed by atoms with Gasteiger partial charge in [-0.25, -0.2) is 8.42 Å². The molecule has 2 amide bonds. The van der Waals surface area contributed by atoms with E-state index >= 15 is 0 Å². The zero-order valence-corrected chi connectivity index (χ0v) is 22.2. The Labute approximate surface area is 212 Å². The molecule has 11 heteroatoms. The van der Waals surface area contributed by atoms with E-state index in [0.29, 0.717) is 49.6 Å². The van der Waals surface area contributed by atoms with Crippen LogP contribution in [-0.4, -0.2) is 59.0 Å². The Morgan fingerprint density at radius 2 is 1.42 bits per heavy atom. The van der Waals surface area contributed by atoms with Gasteiger partial charge in [0.05, 0.1) is 26.2 Å². The summed E-state index contributed by atoms with van der Waals surface area (Å²) in [7, 11) is 0.898. The summed E-state index contributed by atoms with van der Waals surface area (Å²) in [5, 5.41) is 0. The van der Waals surface area contributed by atoms with Gasteiger partial charge in [0.15, 0.2) is 11.5 Å². The van der Waals surface area contributed by atoms with Crippen LogP contribution in [0.25, 0.3) is 0 Å². The second-order valence-electron chi connectivity index (χ2n) is 7.96. The molecule has 198 valence electrons. The SMILES string of the molecule is CCCN(CCC)S(=O)(=O)c1ccc(C(=O)NNC(=O)CCc2cc(OC)c(OC)c(OC)c2)cc1. The van der Waals surface area contributed by atoms with Gasteiger partial charge < -0.3 is 14.2 Å². The third kappa shape index (κ3) is 7.34. The van der Waals surface area contributed by atoms with E-state index in [1.54, 1.807) is 12.1 Å². The number of hydrogen-bond donors (Lipinski definition) is 2. The van der Waals surface area contributed by atoms with Crippen LogP contribution in [-0.2, 0) is 21.2 Å². The fraction of sp³-hybridized carbons (Fsp3) is 0.440. The van der Waals surface area contributed by atoms with Gasteiger partial charge in [-0.3, -0.25) is 20.4 Å². The van der Waals surface area contributed by atoms with Crippen LogP contribution >= 0.6 is 0 Å². The Bertz CT molecular complexity index is 1100. The molecule has 10 nitrogen and oxygen atoms in total. The molecule has 0 radical (unpaired) electrons. The molecule has 2 aromatic carbocycles. The maximum atomic E-state index is 12.9. The number of hydrazine groups is 1. The molecule has 36 heavy (non-hydrogen) atoms. The van der Waals surface area contributed by atoms with Crippen molar-refractivity contribution < 1.29 is 32.2 Å². The van der Waals surface area contributed by atoms with Crippen molar-refractivity contribution in [2.24, 2.45) is 0 Å². The Morgan fingerprint density at radius 3 is 1.89 bits per heavy atom. The predicted molar refractivity (Wildman–Crippen MR) is 136 cm³/mol. The third-order valence-corrected chi connectivity index (χ3v) is 7.29. The normalized spacial score (nSPS) is 11.2. The highest BCUT2D eigenvalue weighted by Crippen LogP contribution is 2.38. The van der Waals surface area contributed by atoms with Gasteiger partial charge in [0.2, 0.25) is 21.7 Å². The van der Waals surface area contributed by atoms with Crippen molar-refractivity contribution in [2.75, 3.05) is 34.4 Å². The molecule has 0 aliphatic rings. The molecule has 0 heterocycles. The molecule has 0 bridgehead atoms. The number of aryl methyl sites for hydroxylation is 1. The van der Waals surface area contributed by atoms with E-state index in [-0.39, 0.29) is 16.9 Å². The van der Waals surface area contributed by atoms with Crippen LogP contribution in [0, 0.1) is 0 Å². The number of methoxy groups -OCH3 is 3. The average molecular weight is 522 g/mol. The minimum Gasteiger partial charge on any atom is -0.493 e. The van der Waals surface area contributed by atoms with Crippen molar-refractivity contribution >= 4 is 21.8 Å². The van der Waals surface area contributed by atoms with Gasteiger partial charge in [0.25, 0.3) is 5.91 Å². The Kier molecular flexibility index (Phi) is 11.0. The first-order valence-electron chi connectivity index (χ1n) is 11.7. The second kappa shape index (κ2) is 13.7. The zero-order chi connectivity index (χ0) is 26.7. The largest absolute Gasteiger partial charge is 0.493 e. The summed E-state index contributed by atoms with van der Waals surface area (Å²) in [6.45, 7) is 4.70. The first-order valence-corrected chi connectivity index (χ1v) is 13.1. The molecule has 2 aromatic rings. The maximum absolute atomic E-state index is 12.9. The van der Waals surface area contributed by atoms with E-state index in [2.05, 4.69) is 10.9 Å². The van der Waals surface area contributed by atoms with E-state index in [0.717, 1.165) is 5.56 Å². The van der Waals surface area contributed by atoms with Gasteiger partial charge >= 0.3 is 0 Å². The van der Waals surface area contributed by atoms with Crippen LogP contribution in [0.1, 0.15) is 49.0 Å². The molecule has 2 N–H and O–H groups in total. The van der Waals surface area contributed by atoms with Gasteiger partial charge in [-0.15, -0.1) is 0 Å². The molecule has 0 aliphatic heterocycles. The fourth-order valence-corrected chi connectivity index (χ4v) is 5.20. The Balaban J connectivity index is 1.96. The number of hydrogen-bond acceptors (Lipinski definition) is 7. The molecular formula is C25H35N3O7S. The number of nitrogens with one attached hydrogen (secondary N) is 2. The topological polar surface area (TPSA) is 123 Å². The van der Waals surface area contributed by atoms with Gasteiger partial charge in [0, 0.05) is 25.1 Å². The molecule has 0 unspecified atom stereocenters. The van der Waals surface area contributed by atoms with Crippen molar-refractivity contribution in [3.63, 3.8) is 0 Å². The molecule has 0 aliphatic carbocycles. The predicted octanol–water partition coefficient (Wildman–Crippen LogP) is 2.92. The van der Waals surface area contributed by atoms with Crippen LogP contribution in [0.15, 0.2) is 41.3 Å². The molecule has 0 saturated heterocycles. The number of sulfonamides is 1. The third-order valence-electron chi connectivity index (χ3n) is 5.38. The minimum absolute atomic E-state index is 0.0980. The quantitative estimate of drug-likeness (QED) is 0.389. The summed E-state index contributed by atoms with van der Waals surface area (Å²) < 4.78 is 43.1. The molecule has 0 saturated carbocycles. The van der Waals surface area contributed by atoms with E-state index < -0.39 is 21.8 Å². The van der Waals surface area contributed by atoms with Crippen LogP contribution in [0.5, 0.6) is 17.2 Å². The summed E-state index contributed by atoms with van der Waals surface area (Å²) in [6.07, 6.45) is 1.88. The lowest BCUT2D eigenvalue weighted by molar-refractivity contribution is -0.121. The first kappa shape index (κ1) is 28.9. The molecule has 0 fully saturated rings. The van der Waals surface area contributed by atoms with Gasteiger partial charge in [0.1, 0.15) is 0 Å². The smallest absolute Gasteiger partial charge is 0.269 e. The fourth-order valence-electron chi connectivity index (χ4n) is 3.58. The van der Waals surface area contributed by atoms with E-state index in [1.807, 2.05) is 13.8 Å². The Morgan fingerprint density at radius 1 is 0.861 bits per heavy atom. The van der Waals surface area contributed by atoms with Gasteiger partial charge in [-0.2, -0.15) is 4.31 Å². The van der Waals surface area contributed by atoms with Crippen molar-refractivity contribution in [1.29, 1.82) is 0 Å². The van der Waals surface area contributed by atoms with Crippen LogP contribution in [0.4, 0.5) is 0 Å². The number of amides is 2. The average Bonchev–Trinajstić information content (AvgIpc) is 2.89. The lowest BCUT2D eigenvalue weighted by atomic mass is 10.1. The van der Waals surface area contributed by atoms with Gasteiger partial charge in [-0.05, 0) is 61.2 Å². The number of nitrogens with zero attached hydrogens (tertiary/aromatic N) is 1. The molecule has 0 aromatic heterocycles. The maximum Gasteiger partial charge on any atom is 0.269 e. The molecule has 2 rings (SSSR count). The number of carbonyl (C=O) groups excluding carboxylic acids is 2. The number of carbonyl (C=O) groups is 2. The van der Waals surface area contributed by atoms with Crippen LogP contribution < -0.4 is 25.1 Å². The molecule has 0 spiro atoms. The van der Waals surface area contributed by atoms with Crippen LogP contribution in [0.3, 0.4) is 0 Å². The van der Waals surface area contributed by atoms with Crippen LogP contribution in [0.2, 0.25) is 0 Å². The first-order chi connectivity index (χ1) is 17.2. The Hall–Kier alpha value is -3.31. The van der Waals surface area contributed by atoms with Crippen molar-refractivity contribution in [3.8, 4) is 17.2 Å². The van der Waals surface area contributed by atoms with E-state index in [4.69, 9.17) is 14.2 Å². The summed E-state index contributed by atoms with van der Waals surface area (Å²) in [4.78, 5) is 24.8. The number of benzene rings is 2. The number of ether oxygens (including phenoxy) is 3. The van der Waals surface area contributed by atoms with E-state index in [9.17, 15) is 18.0 Å². The van der Waals surface area contributed by atoms with Crippen molar-refractivity contribution in [1.82, 2.24) is 15.2 Å². The number of rotatable bonds is 13. The summed E-state index contributed by atoms with van der Waals surface area (Å²) in [6, 6.07) is 9.14. The second-order valence-corrected chi connectivity index (χ2v) is 9.90. The highest BCUT2D eigenvalue weighted by atomic mass is 32.2. The standard InChI is InChI=1S/C25H35N3O7S/c1-6-14-28(15-7-2)36(31,32)20-11-9-19(10-12-20)25(30)27-26-23(29)13-8-18-16-21(33-3)24(35-5)22(17-18)34-4/h9-12,16-17H,6-8,13-15H2,1-5H3,(H,26,29)(H,27,30). The minimum atomic E-state index is -3.64. The summed E-state index contributed by atoms with van der Waals surface area (Å²) in [5.74, 6) is 0.477. The van der Waals surface area contributed by atoms with E-state index in [1.165, 1.54) is 49.9 Å². The monoisotopic (exact) mass is 521 g/mol. The van der Waals surface area contributed by atoms with Gasteiger partial charge in [-0.1, -0.05) is 13.8 Å².